The molecule has 16 heavy (non-hydrogen) atoms. The van der Waals surface area contributed by atoms with Crippen LogP contribution in [0, 0.1) is 6.92 Å². The van der Waals surface area contributed by atoms with Crippen LogP contribution in [0.4, 0.5) is 0 Å². The fraction of sp³-hybridized carbons (Fsp3) is 0.615. The lowest BCUT2D eigenvalue weighted by atomic mass is 10.1. The molecule has 0 aliphatic carbocycles. The monoisotopic (exact) mass is 224 g/mol. The van der Waals surface area contributed by atoms with Crippen LogP contribution in [0.5, 0.6) is 0 Å². The molecule has 1 rings (SSSR count). The summed E-state index contributed by atoms with van der Waals surface area (Å²) >= 11 is 0. The number of carbonyl (C=O) groups excluding carboxylic acids is 1. The highest BCUT2D eigenvalue weighted by Crippen LogP contribution is 2.17. The standard InChI is InChI=1S/C13H20O3/c1-11-9-12(16-13(11)10-15)7-5-3-2-4-6-8-14/h8-9,15H,2-7,10H2,1H3. The third-order valence-corrected chi connectivity index (χ3v) is 2.71. The van der Waals surface area contributed by atoms with Crippen LogP contribution in [0.1, 0.15) is 49.2 Å². The fourth-order valence-electron chi connectivity index (χ4n) is 1.75. The second-order valence-corrected chi connectivity index (χ2v) is 4.10. The van der Waals surface area contributed by atoms with Gasteiger partial charge in [0, 0.05) is 12.8 Å². The van der Waals surface area contributed by atoms with Gasteiger partial charge in [0.25, 0.3) is 0 Å². The van der Waals surface area contributed by atoms with Gasteiger partial charge in [0.2, 0.25) is 0 Å². The SMILES string of the molecule is Cc1cc(CCCCCCC=O)oc1CO. The first-order valence-corrected chi connectivity index (χ1v) is 5.90. The minimum absolute atomic E-state index is 0.0227. The molecule has 0 saturated carbocycles. The van der Waals surface area contributed by atoms with E-state index in [-0.39, 0.29) is 6.61 Å². The van der Waals surface area contributed by atoms with Gasteiger partial charge >= 0.3 is 0 Å². The van der Waals surface area contributed by atoms with E-state index in [1.807, 2.05) is 13.0 Å². The lowest BCUT2D eigenvalue weighted by Gasteiger charge is -1.97. The number of aliphatic hydroxyl groups excluding tert-OH is 1. The molecule has 1 aromatic rings. The predicted molar refractivity (Wildman–Crippen MR) is 62.2 cm³/mol. The van der Waals surface area contributed by atoms with Crippen LogP contribution < -0.4 is 0 Å². The molecule has 0 bridgehead atoms. The fourth-order valence-corrected chi connectivity index (χ4v) is 1.75. The predicted octanol–water partition coefficient (Wildman–Crippen LogP) is 2.77. The largest absolute Gasteiger partial charge is 0.463 e. The van der Waals surface area contributed by atoms with Crippen molar-refractivity contribution in [1.82, 2.24) is 0 Å². The van der Waals surface area contributed by atoms with Gasteiger partial charge < -0.3 is 14.3 Å². The maximum absolute atomic E-state index is 10.1. The maximum Gasteiger partial charge on any atom is 0.132 e. The van der Waals surface area contributed by atoms with Gasteiger partial charge in [-0.25, -0.2) is 0 Å². The number of hydrogen-bond donors (Lipinski definition) is 1. The summed E-state index contributed by atoms with van der Waals surface area (Å²) in [5.74, 6) is 1.63. The summed E-state index contributed by atoms with van der Waals surface area (Å²) in [5, 5.41) is 8.97. The van der Waals surface area contributed by atoms with Crippen molar-refractivity contribution >= 4 is 6.29 Å². The van der Waals surface area contributed by atoms with E-state index in [1.165, 1.54) is 0 Å². The Balaban J connectivity index is 2.19. The molecule has 1 heterocycles. The lowest BCUT2D eigenvalue weighted by Crippen LogP contribution is -1.84. The van der Waals surface area contributed by atoms with Crippen LogP contribution in [0.3, 0.4) is 0 Å². The molecule has 0 atom stereocenters. The van der Waals surface area contributed by atoms with Gasteiger partial charge in [0.15, 0.2) is 0 Å². The van der Waals surface area contributed by atoms with Crippen LogP contribution >= 0.6 is 0 Å². The normalized spacial score (nSPS) is 10.6. The average Bonchev–Trinajstić information content (AvgIpc) is 2.64. The highest BCUT2D eigenvalue weighted by molar-refractivity contribution is 5.48. The molecule has 3 nitrogen and oxygen atoms in total. The van der Waals surface area contributed by atoms with Crippen LogP contribution in [-0.4, -0.2) is 11.4 Å². The van der Waals surface area contributed by atoms with Crippen LogP contribution in [0.15, 0.2) is 10.5 Å². The quantitative estimate of drug-likeness (QED) is 0.545. The first-order chi connectivity index (χ1) is 7.77. The van der Waals surface area contributed by atoms with E-state index in [1.54, 1.807) is 0 Å². The number of hydrogen-bond acceptors (Lipinski definition) is 3. The number of carbonyl (C=O) groups is 1. The molecule has 1 N–H and O–H groups in total. The maximum atomic E-state index is 10.1. The number of aldehydes is 1. The van der Waals surface area contributed by atoms with Crippen LogP contribution in [0.25, 0.3) is 0 Å². The molecule has 90 valence electrons. The summed E-state index contributed by atoms with van der Waals surface area (Å²) in [6.45, 7) is 1.92. The second kappa shape index (κ2) is 7.23. The number of rotatable bonds is 8. The molecular weight excluding hydrogens is 204 g/mol. The highest BCUT2D eigenvalue weighted by Gasteiger charge is 2.05. The van der Waals surface area contributed by atoms with E-state index in [0.717, 1.165) is 49.7 Å². The van der Waals surface area contributed by atoms with E-state index in [9.17, 15) is 4.79 Å². The Morgan fingerprint density at radius 1 is 1.31 bits per heavy atom. The molecule has 0 aromatic carbocycles. The van der Waals surface area contributed by atoms with Gasteiger partial charge in [0.1, 0.15) is 24.4 Å². The Bertz CT molecular complexity index is 315. The Morgan fingerprint density at radius 2 is 2.06 bits per heavy atom. The first kappa shape index (κ1) is 13.0. The summed E-state index contributed by atoms with van der Waals surface area (Å²) < 4.78 is 5.49. The molecule has 0 aliphatic rings. The van der Waals surface area contributed by atoms with Gasteiger partial charge in [-0.1, -0.05) is 12.8 Å². The summed E-state index contributed by atoms with van der Waals surface area (Å²) in [6, 6.07) is 2.00. The topological polar surface area (TPSA) is 50.4 Å². The van der Waals surface area contributed by atoms with Crippen molar-refractivity contribution in [3.63, 3.8) is 0 Å². The summed E-state index contributed by atoms with van der Waals surface area (Å²) in [5.41, 5.74) is 1.03. The zero-order valence-electron chi connectivity index (χ0n) is 9.87. The van der Waals surface area contributed by atoms with Gasteiger partial charge in [-0.2, -0.15) is 0 Å². The van der Waals surface area contributed by atoms with Gasteiger partial charge in [-0.15, -0.1) is 0 Å². The average molecular weight is 224 g/mol. The molecule has 0 fully saturated rings. The molecule has 0 aliphatic heterocycles. The number of unbranched alkanes of at least 4 members (excludes halogenated alkanes) is 4. The van der Waals surface area contributed by atoms with Crippen molar-refractivity contribution in [2.45, 2.75) is 52.1 Å². The lowest BCUT2D eigenvalue weighted by molar-refractivity contribution is -0.107. The number of aryl methyl sites for hydroxylation is 2. The Morgan fingerprint density at radius 3 is 2.69 bits per heavy atom. The highest BCUT2D eigenvalue weighted by atomic mass is 16.4. The molecule has 0 unspecified atom stereocenters. The molecular formula is C13H20O3. The molecule has 0 spiro atoms. The minimum Gasteiger partial charge on any atom is -0.463 e. The van der Waals surface area contributed by atoms with E-state index in [0.29, 0.717) is 12.2 Å². The van der Waals surface area contributed by atoms with E-state index in [4.69, 9.17) is 9.52 Å². The Hall–Kier alpha value is -1.09. The zero-order valence-corrected chi connectivity index (χ0v) is 9.87. The summed E-state index contributed by atoms with van der Waals surface area (Å²) in [7, 11) is 0. The Labute approximate surface area is 96.5 Å². The summed E-state index contributed by atoms with van der Waals surface area (Å²) in [4.78, 5) is 10.1. The minimum atomic E-state index is -0.0227. The van der Waals surface area contributed by atoms with E-state index < -0.39 is 0 Å². The molecule has 3 heteroatoms. The van der Waals surface area contributed by atoms with Gasteiger partial charge in [-0.3, -0.25) is 0 Å². The molecule has 0 amide bonds. The summed E-state index contributed by atoms with van der Waals surface area (Å²) in [6.07, 6.45) is 6.87. The Kier molecular flexibility index (Phi) is 5.86. The first-order valence-electron chi connectivity index (χ1n) is 5.90. The van der Waals surface area contributed by atoms with Crippen LogP contribution in [-0.2, 0) is 17.8 Å². The van der Waals surface area contributed by atoms with Crippen molar-refractivity contribution < 1.29 is 14.3 Å². The van der Waals surface area contributed by atoms with E-state index in [2.05, 4.69) is 0 Å². The van der Waals surface area contributed by atoms with E-state index >= 15 is 0 Å². The third kappa shape index (κ3) is 4.19. The molecule has 0 saturated heterocycles. The number of furan rings is 1. The van der Waals surface area contributed by atoms with Gasteiger partial charge in [0.05, 0.1) is 0 Å². The number of aliphatic hydroxyl groups is 1. The zero-order chi connectivity index (χ0) is 11.8. The van der Waals surface area contributed by atoms with Gasteiger partial charge in [-0.05, 0) is 31.4 Å². The molecule has 0 radical (unpaired) electrons. The van der Waals surface area contributed by atoms with Crippen molar-refractivity contribution in [3.8, 4) is 0 Å². The smallest absolute Gasteiger partial charge is 0.132 e. The third-order valence-electron chi connectivity index (χ3n) is 2.71. The van der Waals surface area contributed by atoms with Crippen molar-refractivity contribution in [2.24, 2.45) is 0 Å². The van der Waals surface area contributed by atoms with Crippen LogP contribution in [0.2, 0.25) is 0 Å². The van der Waals surface area contributed by atoms with Crippen molar-refractivity contribution in [1.29, 1.82) is 0 Å². The van der Waals surface area contributed by atoms with Crippen molar-refractivity contribution in [3.05, 3.63) is 23.2 Å². The van der Waals surface area contributed by atoms with Crippen molar-refractivity contribution in [2.75, 3.05) is 0 Å². The molecule has 1 aromatic heterocycles. The second-order valence-electron chi connectivity index (χ2n) is 4.10.